The molecule has 0 amide bonds. The summed E-state index contributed by atoms with van der Waals surface area (Å²) in [6.45, 7) is 10.8. The molecular weight excluding hydrogens is 548 g/mol. The van der Waals surface area contributed by atoms with Crippen molar-refractivity contribution in [3.63, 3.8) is 0 Å². The molecule has 0 saturated heterocycles. The number of fused-ring (bicyclic) bond motifs is 2. The van der Waals surface area contributed by atoms with Crippen molar-refractivity contribution in [1.82, 2.24) is 0 Å². The molecule has 2 N–H and O–H groups in total. The summed E-state index contributed by atoms with van der Waals surface area (Å²) >= 11 is 0. The lowest BCUT2D eigenvalue weighted by atomic mass is 9.81. The van der Waals surface area contributed by atoms with Crippen molar-refractivity contribution in [2.75, 3.05) is 18.5 Å². The summed E-state index contributed by atoms with van der Waals surface area (Å²) in [7, 11) is -6.65. The van der Waals surface area contributed by atoms with Crippen LogP contribution in [0.4, 0.5) is 11.4 Å². The van der Waals surface area contributed by atoms with Crippen molar-refractivity contribution in [2.24, 2.45) is 0 Å². The number of rotatable bonds is 7. The van der Waals surface area contributed by atoms with Gasteiger partial charge in [0.2, 0.25) is 5.69 Å². The second kappa shape index (κ2) is 10.3. The first-order chi connectivity index (χ1) is 18.5. The van der Waals surface area contributed by atoms with Crippen LogP contribution in [0.5, 0.6) is 0 Å². The first kappa shape index (κ1) is 29.7. The molecule has 2 aliphatic rings. The van der Waals surface area contributed by atoms with Gasteiger partial charge in [-0.15, -0.1) is 0 Å². The largest absolute Gasteiger partial charge is 0.344 e. The van der Waals surface area contributed by atoms with E-state index in [1.54, 1.807) is 18.2 Å². The lowest BCUT2D eigenvalue weighted by Gasteiger charge is -2.25. The maximum absolute atomic E-state index is 11.7. The monoisotopic (exact) mass is 583 g/mol. The Kier molecular flexibility index (Phi) is 7.61. The van der Waals surface area contributed by atoms with Crippen LogP contribution in [-0.4, -0.2) is 49.8 Å². The maximum atomic E-state index is 11.7. The molecule has 0 aromatic heterocycles. The summed E-state index contributed by atoms with van der Waals surface area (Å²) in [4.78, 5) is 1.90. The van der Waals surface area contributed by atoms with Gasteiger partial charge in [0.25, 0.3) is 20.2 Å². The average Bonchev–Trinajstić information content (AvgIpc) is 3.20. The predicted octanol–water partition coefficient (Wildman–Crippen LogP) is 5.56. The number of hydrogen-bond acceptors (Lipinski definition) is 5. The molecule has 40 heavy (non-hydrogen) atoms. The zero-order chi connectivity index (χ0) is 29.7. The molecule has 2 aliphatic heterocycles. The molecule has 0 bridgehead atoms. The number of anilines is 1. The van der Waals surface area contributed by atoms with Gasteiger partial charge in [-0.25, -0.2) is 0 Å². The molecular formula is C30H35N2O6S2+. The van der Waals surface area contributed by atoms with Crippen LogP contribution < -0.4 is 4.90 Å². The van der Waals surface area contributed by atoms with E-state index < -0.39 is 31.1 Å². The maximum Gasteiger partial charge on any atom is 0.294 e. The fourth-order valence-electron chi connectivity index (χ4n) is 5.62. The highest BCUT2D eigenvalue weighted by molar-refractivity contribution is 7.86. The Morgan fingerprint density at radius 1 is 0.800 bits per heavy atom. The Bertz CT molecular complexity index is 1740. The number of allylic oxidation sites excluding steroid dienone is 8. The van der Waals surface area contributed by atoms with Gasteiger partial charge in [0, 0.05) is 41.1 Å². The van der Waals surface area contributed by atoms with Crippen LogP contribution in [0.3, 0.4) is 0 Å². The zero-order valence-electron chi connectivity index (χ0n) is 23.5. The van der Waals surface area contributed by atoms with Crippen LogP contribution in [0.2, 0.25) is 0 Å². The Balaban J connectivity index is 1.52. The second-order valence-electron chi connectivity index (χ2n) is 10.9. The number of benzene rings is 2. The van der Waals surface area contributed by atoms with Crippen molar-refractivity contribution in [3.8, 4) is 0 Å². The number of likely N-dealkylation sites (N-methyl/N-ethyl adjacent to an activating group) is 1. The summed E-state index contributed by atoms with van der Waals surface area (Å²) in [6, 6.07) is 9.35. The minimum Gasteiger partial charge on any atom is -0.344 e. The second-order valence-corrected chi connectivity index (χ2v) is 13.8. The highest BCUT2D eigenvalue weighted by Gasteiger charge is 2.43. The molecule has 0 radical (unpaired) electrons. The Labute approximate surface area is 236 Å². The lowest BCUT2D eigenvalue weighted by Crippen LogP contribution is -2.26. The third-order valence-corrected chi connectivity index (χ3v) is 9.43. The van der Waals surface area contributed by atoms with E-state index in [0.717, 1.165) is 33.9 Å². The number of nitrogens with zero attached hydrogens (tertiary/aromatic N) is 2. The molecule has 2 aromatic rings. The van der Waals surface area contributed by atoms with Gasteiger partial charge in [-0.05, 0) is 62.7 Å². The Hall–Kier alpha value is -3.31. The summed E-state index contributed by atoms with van der Waals surface area (Å²) < 4.78 is 67.6. The van der Waals surface area contributed by atoms with Gasteiger partial charge >= 0.3 is 0 Å². The smallest absolute Gasteiger partial charge is 0.294 e. The van der Waals surface area contributed by atoms with Crippen LogP contribution in [0, 0.1) is 0 Å². The average molecular weight is 584 g/mol. The van der Waals surface area contributed by atoms with E-state index in [-0.39, 0.29) is 9.79 Å². The van der Waals surface area contributed by atoms with E-state index in [1.165, 1.54) is 18.2 Å². The molecule has 8 nitrogen and oxygen atoms in total. The third kappa shape index (κ3) is 5.24. The van der Waals surface area contributed by atoms with Gasteiger partial charge in [0.15, 0.2) is 5.71 Å². The Morgan fingerprint density at radius 2 is 1.35 bits per heavy atom. The topological polar surface area (TPSA) is 115 Å². The van der Waals surface area contributed by atoms with E-state index in [9.17, 15) is 25.9 Å². The molecule has 0 fully saturated rings. The molecule has 2 heterocycles. The lowest BCUT2D eigenvalue weighted by molar-refractivity contribution is -0.401. The molecule has 0 saturated carbocycles. The molecule has 2 aromatic carbocycles. The number of hydrogen-bond donors (Lipinski definition) is 2. The van der Waals surface area contributed by atoms with Crippen LogP contribution in [0.25, 0.3) is 0 Å². The predicted molar refractivity (Wildman–Crippen MR) is 158 cm³/mol. The van der Waals surface area contributed by atoms with E-state index in [4.69, 9.17) is 0 Å². The van der Waals surface area contributed by atoms with Crippen LogP contribution in [-0.2, 0) is 31.1 Å². The minimum atomic E-state index is -4.29. The Morgan fingerprint density at radius 3 is 1.95 bits per heavy atom. The molecule has 0 atom stereocenters. The van der Waals surface area contributed by atoms with E-state index >= 15 is 0 Å². The van der Waals surface area contributed by atoms with Gasteiger partial charge in [-0.2, -0.15) is 21.4 Å². The van der Waals surface area contributed by atoms with Gasteiger partial charge in [0.1, 0.15) is 7.05 Å². The summed E-state index contributed by atoms with van der Waals surface area (Å²) in [5, 5.41) is 0. The van der Waals surface area contributed by atoms with Crippen molar-refractivity contribution >= 4 is 37.3 Å². The highest BCUT2D eigenvalue weighted by Crippen LogP contribution is 2.48. The zero-order valence-corrected chi connectivity index (χ0v) is 25.1. The fourth-order valence-corrected chi connectivity index (χ4v) is 6.63. The SMILES string of the molecule is CCN1\C(=C/C=C/C=C/C=C/C2=[N+](C)c3ccc(S(=O)(=O)O)cc3C2(C)C)C(C)(C)c2cc(S(=O)(=O)O)ccc21. The third-order valence-electron chi connectivity index (χ3n) is 7.73. The normalized spacial score (nSPS) is 19.5. The van der Waals surface area contributed by atoms with E-state index in [1.807, 2.05) is 88.8 Å². The van der Waals surface area contributed by atoms with Gasteiger partial charge < -0.3 is 4.90 Å². The van der Waals surface area contributed by atoms with Gasteiger partial charge in [-0.1, -0.05) is 44.2 Å². The summed E-state index contributed by atoms with van der Waals surface area (Å²) in [6.07, 6.45) is 13.6. The molecule has 0 aliphatic carbocycles. The summed E-state index contributed by atoms with van der Waals surface area (Å²) in [5.74, 6) is 0. The van der Waals surface area contributed by atoms with Crippen molar-refractivity contribution < 1.29 is 30.5 Å². The first-order valence-corrected chi connectivity index (χ1v) is 15.7. The standard InChI is InChI=1S/C30H34N2O6S2/c1-7-32-26-18-16-22(40(36,37)38)20-24(26)30(4,5)28(32)14-12-10-8-9-11-13-27-29(2,3)23-19-21(39(33,34)35)15-17-25(23)31(27)6/h8-20H,7H2,1-6H3,(H-,33,34,35,36,37,38)/p+1. The van der Waals surface area contributed by atoms with Crippen LogP contribution >= 0.6 is 0 Å². The quantitative estimate of drug-likeness (QED) is 0.249. The molecule has 0 spiro atoms. The first-order valence-electron chi connectivity index (χ1n) is 12.9. The van der Waals surface area contributed by atoms with E-state index in [2.05, 4.69) is 4.90 Å². The summed E-state index contributed by atoms with van der Waals surface area (Å²) in [5.41, 5.74) is 4.55. The highest BCUT2D eigenvalue weighted by atomic mass is 32.2. The van der Waals surface area contributed by atoms with E-state index in [0.29, 0.717) is 6.54 Å². The van der Waals surface area contributed by atoms with Crippen LogP contribution in [0.1, 0.15) is 45.7 Å². The fraction of sp³-hybridized carbons (Fsp3) is 0.300. The molecule has 0 unspecified atom stereocenters. The van der Waals surface area contributed by atoms with Crippen molar-refractivity contribution in [3.05, 3.63) is 95.8 Å². The molecule has 10 heteroatoms. The van der Waals surface area contributed by atoms with Crippen LogP contribution in [0.15, 0.2) is 94.4 Å². The van der Waals surface area contributed by atoms with Crippen molar-refractivity contribution in [2.45, 2.75) is 55.2 Å². The molecule has 212 valence electrons. The van der Waals surface area contributed by atoms with Gasteiger partial charge in [0.05, 0.1) is 15.2 Å². The molecule has 4 rings (SSSR count). The van der Waals surface area contributed by atoms with Crippen molar-refractivity contribution in [1.29, 1.82) is 0 Å². The minimum absolute atomic E-state index is 0.113. The van der Waals surface area contributed by atoms with Gasteiger partial charge in [-0.3, -0.25) is 9.11 Å².